The molecule has 0 amide bonds. The molecule has 12 heavy (non-hydrogen) atoms. The van der Waals surface area contributed by atoms with E-state index in [1.165, 1.54) is 16.9 Å². The van der Waals surface area contributed by atoms with E-state index in [0.717, 1.165) is 10.2 Å². The summed E-state index contributed by atoms with van der Waals surface area (Å²) in [6.45, 7) is 2.03. The molecule has 2 aromatic rings. The van der Waals surface area contributed by atoms with Crippen molar-refractivity contribution in [3.8, 4) is 0 Å². The van der Waals surface area contributed by atoms with Crippen LogP contribution in [0.15, 0.2) is 23.0 Å². The zero-order valence-electron chi connectivity index (χ0n) is 7.00. The zero-order chi connectivity index (χ0) is 8.72. The average Bonchev–Trinajstić information content (AvgIpc) is 2.28. The van der Waals surface area contributed by atoms with Crippen molar-refractivity contribution in [2.45, 2.75) is 6.92 Å². The molecule has 0 radical (unpaired) electrons. The summed E-state index contributed by atoms with van der Waals surface area (Å²) in [6, 6.07) is 6.05. The van der Waals surface area contributed by atoms with Gasteiger partial charge in [-0.2, -0.15) is 0 Å². The molecule has 0 spiro atoms. The first-order valence-electron chi connectivity index (χ1n) is 3.74. The van der Waals surface area contributed by atoms with Crippen LogP contribution < -0.4 is 4.87 Å². The Morgan fingerprint density at radius 2 is 2.17 bits per heavy atom. The lowest BCUT2D eigenvalue weighted by atomic mass is 10.2. The largest absolute Gasteiger partial charge is 0.307 e. The highest BCUT2D eigenvalue weighted by atomic mass is 32.1. The van der Waals surface area contributed by atoms with Crippen molar-refractivity contribution >= 4 is 21.6 Å². The highest BCUT2D eigenvalue weighted by Gasteiger charge is 2.02. The Bertz CT molecular complexity index is 481. The standard InChI is InChI=1S/C9H9NOS/c1-6-3-4-7-8(5-6)12-9(11)10(7)2/h3-5H,1-2H3. The molecule has 1 heterocycles. The van der Waals surface area contributed by atoms with Crippen molar-refractivity contribution in [1.29, 1.82) is 0 Å². The number of aromatic nitrogens is 1. The van der Waals surface area contributed by atoms with Crippen molar-refractivity contribution in [2.24, 2.45) is 7.05 Å². The van der Waals surface area contributed by atoms with E-state index in [-0.39, 0.29) is 4.87 Å². The molecule has 0 unspecified atom stereocenters. The zero-order valence-corrected chi connectivity index (χ0v) is 7.81. The molecule has 1 aromatic heterocycles. The summed E-state index contributed by atoms with van der Waals surface area (Å²) >= 11 is 1.30. The molecule has 0 aliphatic heterocycles. The smallest absolute Gasteiger partial charge is 0.302 e. The molecule has 0 atom stereocenters. The van der Waals surface area contributed by atoms with Gasteiger partial charge in [0.05, 0.1) is 10.2 Å². The lowest BCUT2D eigenvalue weighted by Gasteiger charge is -1.93. The number of aryl methyl sites for hydroxylation is 2. The van der Waals surface area contributed by atoms with Gasteiger partial charge < -0.3 is 4.57 Å². The van der Waals surface area contributed by atoms with Crippen LogP contribution in [0.3, 0.4) is 0 Å². The number of thiazole rings is 1. The Kier molecular flexibility index (Phi) is 1.54. The summed E-state index contributed by atoms with van der Waals surface area (Å²) in [7, 11) is 1.80. The minimum absolute atomic E-state index is 0.107. The summed E-state index contributed by atoms with van der Waals surface area (Å²) in [5, 5.41) is 0. The number of nitrogens with zero attached hydrogens (tertiary/aromatic N) is 1. The van der Waals surface area contributed by atoms with Crippen LogP contribution in [0.4, 0.5) is 0 Å². The molecule has 0 aliphatic carbocycles. The fourth-order valence-corrected chi connectivity index (χ4v) is 2.22. The maximum absolute atomic E-state index is 11.2. The third kappa shape index (κ3) is 0.975. The van der Waals surface area contributed by atoms with Gasteiger partial charge in [-0.1, -0.05) is 17.4 Å². The predicted octanol–water partition coefficient (Wildman–Crippen LogP) is 1.91. The van der Waals surface area contributed by atoms with E-state index in [1.54, 1.807) is 11.6 Å². The van der Waals surface area contributed by atoms with Gasteiger partial charge in [0.15, 0.2) is 0 Å². The predicted molar refractivity (Wildman–Crippen MR) is 51.8 cm³/mol. The van der Waals surface area contributed by atoms with E-state index in [4.69, 9.17) is 0 Å². The van der Waals surface area contributed by atoms with E-state index in [2.05, 4.69) is 0 Å². The molecular weight excluding hydrogens is 170 g/mol. The van der Waals surface area contributed by atoms with E-state index < -0.39 is 0 Å². The summed E-state index contributed by atoms with van der Waals surface area (Å²) in [4.78, 5) is 11.3. The number of benzene rings is 1. The van der Waals surface area contributed by atoms with Crippen LogP contribution >= 0.6 is 11.3 Å². The molecule has 0 fully saturated rings. The SMILES string of the molecule is Cc1ccc2c(c1)sc(=O)n2C. The monoisotopic (exact) mass is 179 g/mol. The lowest BCUT2D eigenvalue weighted by Crippen LogP contribution is -2.06. The van der Waals surface area contributed by atoms with Crippen molar-refractivity contribution in [3.05, 3.63) is 33.4 Å². The molecule has 0 saturated heterocycles. The molecule has 2 nitrogen and oxygen atoms in total. The van der Waals surface area contributed by atoms with E-state index in [0.29, 0.717) is 0 Å². The molecule has 2 rings (SSSR count). The highest BCUT2D eigenvalue weighted by molar-refractivity contribution is 7.16. The Morgan fingerprint density at radius 3 is 2.92 bits per heavy atom. The van der Waals surface area contributed by atoms with E-state index in [9.17, 15) is 4.79 Å². The fourth-order valence-electron chi connectivity index (χ4n) is 1.24. The maximum Gasteiger partial charge on any atom is 0.307 e. The van der Waals surface area contributed by atoms with Crippen LogP contribution in [0, 0.1) is 6.92 Å². The van der Waals surface area contributed by atoms with E-state index in [1.807, 2.05) is 25.1 Å². The number of hydrogen-bond acceptors (Lipinski definition) is 2. The average molecular weight is 179 g/mol. The molecule has 0 saturated carbocycles. The van der Waals surface area contributed by atoms with Crippen LogP contribution in [0.5, 0.6) is 0 Å². The minimum atomic E-state index is 0.107. The number of hydrogen-bond donors (Lipinski definition) is 0. The summed E-state index contributed by atoms with van der Waals surface area (Å²) < 4.78 is 2.75. The van der Waals surface area contributed by atoms with Gasteiger partial charge in [-0.25, -0.2) is 0 Å². The second-order valence-electron chi connectivity index (χ2n) is 2.90. The molecule has 0 aliphatic rings. The maximum atomic E-state index is 11.2. The highest BCUT2D eigenvalue weighted by Crippen LogP contribution is 2.17. The minimum Gasteiger partial charge on any atom is -0.302 e. The second kappa shape index (κ2) is 2.45. The van der Waals surface area contributed by atoms with Crippen LogP contribution in [0.25, 0.3) is 10.2 Å². The molecule has 0 bridgehead atoms. The van der Waals surface area contributed by atoms with Crippen molar-refractivity contribution in [2.75, 3.05) is 0 Å². The summed E-state index contributed by atoms with van der Waals surface area (Å²) in [5.74, 6) is 0. The molecule has 62 valence electrons. The first kappa shape index (κ1) is 7.55. The topological polar surface area (TPSA) is 22.0 Å². The van der Waals surface area contributed by atoms with Crippen molar-refractivity contribution < 1.29 is 0 Å². The van der Waals surface area contributed by atoms with Gasteiger partial charge >= 0.3 is 4.87 Å². The first-order valence-corrected chi connectivity index (χ1v) is 4.56. The third-order valence-corrected chi connectivity index (χ3v) is 2.94. The second-order valence-corrected chi connectivity index (χ2v) is 3.89. The van der Waals surface area contributed by atoms with Gasteiger partial charge in [0.2, 0.25) is 0 Å². The fraction of sp³-hybridized carbons (Fsp3) is 0.222. The van der Waals surface area contributed by atoms with Gasteiger partial charge in [0.1, 0.15) is 0 Å². The lowest BCUT2D eigenvalue weighted by molar-refractivity contribution is 0.938. The van der Waals surface area contributed by atoms with Crippen LogP contribution in [0.1, 0.15) is 5.56 Å². The Labute approximate surface area is 74.1 Å². The third-order valence-electron chi connectivity index (χ3n) is 1.95. The van der Waals surface area contributed by atoms with Gasteiger partial charge in [-0.05, 0) is 24.6 Å². The number of fused-ring (bicyclic) bond motifs is 1. The Morgan fingerprint density at radius 1 is 1.42 bits per heavy atom. The van der Waals surface area contributed by atoms with E-state index >= 15 is 0 Å². The number of rotatable bonds is 0. The Hall–Kier alpha value is -1.09. The van der Waals surface area contributed by atoms with Crippen molar-refractivity contribution in [3.63, 3.8) is 0 Å². The van der Waals surface area contributed by atoms with Crippen molar-refractivity contribution in [1.82, 2.24) is 4.57 Å². The summed E-state index contributed by atoms with van der Waals surface area (Å²) in [5.41, 5.74) is 2.22. The molecule has 0 N–H and O–H groups in total. The van der Waals surface area contributed by atoms with Gasteiger partial charge in [0.25, 0.3) is 0 Å². The molecule has 1 aromatic carbocycles. The Balaban J connectivity index is 2.96. The first-order chi connectivity index (χ1) is 5.68. The summed E-state index contributed by atoms with van der Waals surface area (Å²) in [6.07, 6.45) is 0. The molecular formula is C9H9NOS. The normalized spacial score (nSPS) is 10.8. The van der Waals surface area contributed by atoms with Gasteiger partial charge in [-0.15, -0.1) is 0 Å². The van der Waals surface area contributed by atoms with Crippen LogP contribution in [-0.4, -0.2) is 4.57 Å². The van der Waals surface area contributed by atoms with Gasteiger partial charge in [0, 0.05) is 7.05 Å². The quantitative estimate of drug-likeness (QED) is 0.605. The van der Waals surface area contributed by atoms with Crippen LogP contribution in [-0.2, 0) is 7.05 Å². The molecule has 3 heteroatoms. The van der Waals surface area contributed by atoms with Gasteiger partial charge in [-0.3, -0.25) is 4.79 Å². The van der Waals surface area contributed by atoms with Crippen LogP contribution in [0.2, 0.25) is 0 Å².